The van der Waals surface area contributed by atoms with Crippen LogP contribution in [0.15, 0.2) is 28.8 Å². The van der Waals surface area contributed by atoms with Gasteiger partial charge >= 0.3 is 0 Å². The number of primary amides is 1. The lowest BCUT2D eigenvalue weighted by atomic mass is 10.1. The molecular weight excluding hydrogens is 386 g/mol. The van der Waals surface area contributed by atoms with Gasteiger partial charge in [0.25, 0.3) is 11.8 Å². The lowest BCUT2D eigenvalue weighted by Gasteiger charge is -2.07. The van der Waals surface area contributed by atoms with Gasteiger partial charge in [-0.2, -0.15) is 0 Å². The number of thiophene rings is 1. The second-order valence-corrected chi connectivity index (χ2v) is 7.83. The fraction of sp³-hybridized carbons (Fsp3) is 0.211. The second-order valence-electron chi connectivity index (χ2n) is 6.32. The molecule has 27 heavy (non-hydrogen) atoms. The van der Waals surface area contributed by atoms with Gasteiger partial charge in [-0.3, -0.25) is 9.59 Å². The molecular formula is C19H16ClN3O3S. The maximum absolute atomic E-state index is 13.0. The number of aryl methyl sites for hydroxylation is 2. The predicted molar refractivity (Wildman–Crippen MR) is 105 cm³/mol. The van der Waals surface area contributed by atoms with E-state index in [0.717, 1.165) is 29.7 Å². The van der Waals surface area contributed by atoms with Gasteiger partial charge in [-0.15, -0.1) is 11.3 Å². The summed E-state index contributed by atoms with van der Waals surface area (Å²) < 4.78 is 5.25. The Kier molecular flexibility index (Phi) is 4.49. The standard InChI is InChI=1S/C19H16ClN3O3S/c1-9-14(16(23-26-9)10-5-2-3-7-12(10)20)18(25)22-19-15(17(21)24)11-6-4-8-13(11)27-19/h2-3,5,7H,4,6,8H2,1H3,(H2,21,24)(H,22,25). The van der Waals surface area contributed by atoms with Gasteiger partial charge in [0.1, 0.15) is 22.0 Å². The number of nitrogens with one attached hydrogen (secondary N) is 1. The fourth-order valence-corrected chi connectivity index (χ4v) is 4.91. The Balaban J connectivity index is 1.73. The molecule has 0 fully saturated rings. The van der Waals surface area contributed by atoms with Crippen molar-refractivity contribution in [2.45, 2.75) is 26.2 Å². The molecule has 6 nitrogen and oxygen atoms in total. The van der Waals surface area contributed by atoms with Crippen LogP contribution in [0.25, 0.3) is 11.3 Å². The first-order valence-electron chi connectivity index (χ1n) is 8.44. The summed E-state index contributed by atoms with van der Waals surface area (Å²) in [6.45, 7) is 1.66. The lowest BCUT2D eigenvalue weighted by Crippen LogP contribution is -2.18. The van der Waals surface area contributed by atoms with Crippen LogP contribution >= 0.6 is 22.9 Å². The molecule has 138 valence electrons. The van der Waals surface area contributed by atoms with E-state index in [9.17, 15) is 9.59 Å². The van der Waals surface area contributed by atoms with Crippen LogP contribution in [-0.2, 0) is 12.8 Å². The Morgan fingerprint density at radius 1 is 1.26 bits per heavy atom. The summed E-state index contributed by atoms with van der Waals surface area (Å²) in [6.07, 6.45) is 2.70. The number of hydrogen-bond donors (Lipinski definition) is 2. The molecule has 0 bridgehead atoms. The van der Waals surface area contributed by atoms with E-state index in [2.05, 4.69) is 10.5 Å². The van der Waals surface area contributed by atoms with Crippen molar-refractivity contribution in [2.24, 2.45) is 5.73 Å². The zero-order valence-electron chi connectivity index (χ0n) is 14.5. The first-order valence-corrected chi connectivity index (χ1v) is 9.63. The summed E-state index contributed by atoms with van der Waals surface area (Å²) in [4.78, 5) is 26.0. The van der Waals surface area contributed by atoms with E-state index in [1.165, 1.54) is 11.3 Å². The van der Waals surface area contributed by atoms with E-state index in [1.807, 2.05) is 6.07 Å². The maximum Gasteiger partial charge on any atom is 0.262 e. The molecule has 2 amide bonds. The molecule has 3 aromatic rings. The SMILES string of the molecule is Cc1onc(-c2ccccc2Cl)c1C(=O)Nc1sc2c(c1C(N)=O)CCC2. The van der Waals surface area contributed by atoms with E-state index in [1.54, 1.807) is 25.1 Å². The highest BCUT2D eigenvalue weighted by atomic mass is 35.5. The third-order valence-corrected chi connectivity index (χ3v) is 6.15. The van der Waals surface area contributed by atoms with Gasteiger partial charge in [0.15, 0.2) is 0 Å². The van der Waals surface area contributed by atoms with Crippen LogP contribution in [0.4, 0.5) is 5.00 Å². The van der Waals surface area contributed by atoms with Crippen molar-refractivity contribution in [1.82, 2.24) is 5.16 Å². The molecule has 2 heterocycles. The first-order chi connectivity index (χ1) is 13.0. The third-order valence-electron chi connectivity index (χ3n) is 4.61. The normalized spacial score (nSPS) is 12.8. The minimum atomic E-state index is -0.530. The second kappa shape index (κ2) is 6.83. The van der Waals surface area contributed by atoms with Crippen LogP contribution in [0.5, 0.6) is 0 Å². The number of halogens is 1. The first kappa shape index (κ1) is 17.8. The van der Waals surface area contributed by atoms with Gasteiger partial charge in [-0.1, -0.05) is 35.0 Å². The Bertz CT molecular complexity index is 1070. The molecule has 4 rings (SSSR count). The van der Waals surface area contributed by atoms with Gasteiger partial charge in [-0.05, 0) is 37.8 Å². The largest absolute Gasteiger partial charge is 0.365 e. The summed E-state index contributed by atoms with van der Waals surface area (Å²) in [7, 11) is 0. The van der Waals surface area contributed by atoms with Gasteiger partial charge in [0, 0.05) is 10.4 Å². The summed E-state index contributed by atoms with van der Waals surface area (Å²) in [5.41, 5.74) is 8.18. The number of benzene rings is 1. The zero-order chi connectivity index (χ0) is 19.1. The van der Waals surface area contributed by atoms with Gasteiger partial charge < -0.3 is 15.6 Å². The monoisotopic (exact) mass is 401 g/mol. The van der Waals surface area contributed by atoms with Crippen molar-refractivity contribution >= 4 is 39.8 Å². The number of aromatic nitrogens is 1. The zero-order valence-corrected chi connectivity index (χ0v) is 16.0. The number of carbonyl (C=O) groups is 2. The predicted octanol–water partition coefficient (Wildman–Crippen LogP) is 4.20. The smallest absolute Gasteiger partial charge is 0.262 e. The number of carbonyl (C=O) groups excluding carboxylic acids is 2. The number of anilines is 1. The minimum absolute atomic E-state index is 0.284. The number of fused-ring (bicyclic) bond motifs is 1. The number of amides is 2. The summed E-state index contributed by atoms with van der Waals surface area (Å²) >= 11 is 7.65. The van der Waals surface area contributed by atoms with Gasteiger partial charge in [0.2, 0.25) is 0 Å². The molecule has 0 unspecified atom stereocenters. The van der Waals surface area contributed by atoms with Crippen LogP contribution in [0.2, 0.25) is 5.02 Å². The van der Waals surface area contributed by atoms with Crippen molar-refractivity contribution in [3.8, 4) is 11.3 Å². The van der Waals surface area contributed by atoms with Crippen molar-refractivity contribution < 1.29 is 14.1 Å². The van der Waals surface area contributed by atoms with E-state index in [0.29, 0.717) is 32.6 Å². The molecule has 1 aliphatic rings. The van der Waals surface area contributed by atoms with Gasteiger partial charge in [-0.25, -0.2) is 0 Å². The molecule has 0 saturated heterocycles. The number of nitrogens with zero attached hydrogens (tertiary/aromatic N) is 1. The average molecular weight is 402 g/mol. The summed E-state index contributed by atoms with van der Waals surface area (Å²) in [6, 6.07) is 7.09. The molecule has 2 aromatic heterocycles. The van der Waals surface area contributed by atoms with Crippen molar-refractivity contribution in [1.29, 1.82) is 0 Å². The molecule has 0 radical (unpaired) electrons. The molecule has 0 saturated carbocycles. The van der Waals surface area contributed by atoms with Crippen LogP contribution < -0.4 is 11.1 Å². The maximum atomic E-state index is 13.0. The third kappa shape index (κ3) is 3.02. The Morgan fingerprint density at radius 2 is 2.04 bits per heavy atom. The van der Waals surface area contributed by atoms with E-state index >= 15 is 0 Å². The van der Waals surface area contributed by atoms with Gasteiger partial charge in [0.05, 0.1) is 10.6 Å². The fourth-order valence-electron chi connectivity index (χ4n) is 3.40. The highest BCUT2D eigenvalue weighted by Gasteiger charge is 2.29. The quantitative estimate of drug-likeness (QED) is 0.684. The van der Waals surface area contributed by atoms with Crippen molar-refractivity contribution in [3.05, 3.63) is 56.6 Å². The van der Waals surface area contributed by atoms with E-state index < -0.39 is 11.8 Å². The number of rotatable bonds is 4. The Morgan fingerprint density at radius 3 is 2.78 bits per heavy atom. The number of nitrogens with two attached hydrogens (primary N) is 1. The Labute approximate surface area is 164 Å². The highest BCUT2D eigenvalue weighted by molar-refractivity contribution is 7.17. The highest BCUT2D eigenvalue weighted by Crippen LogP contribution is 2.39. The molecule has 0 atom stereocenters. The molecule has 1 aromatic carbocycles. The van der Waals surface area contributed by atoms with Crippen molar-refractivity contribution in [3.63, 3.8) is 0 Å². The molecule has 0 aliphatic heterocycles. The molecule has 1 aliphatic carbocycles. The van der Waals surface area contributed by atoms with Crippen LogP contribution in [0.3, 0.4) is 0 Å². The van der Waals surface area contributed by atoms with E-state index in [4.69, 9.17) is 21.9 Å². The van der Waals surface area contributed by atoms with Crippen LogP contribution in [-0.4, -0.2) is 17.0 Å². The van der Waals surface area contributed by atoms with Crippen molar-refractivity contribution in [2.75, 3.05) is 5.32 Å². The van der Waals surface area contributed by atoms with Crippen LogP contribution in [0, 0.1) is 6.92 Å². The number of hydrogen-bond acceptors (Lipinski definition) is 5. The lowest BCUT2D eigenvalue weighted by molar-refractivity contribution is 0.100. The van der Waals surface area contributed by atoms with Crippen LogP contribution in [0.1, 0.15) is 43.3 Å². The Hall–Kier alpha value is -2.64. The molecule has 3 N–H and O–H groups in total. The average Bonchev–Trinajstić information content (AvgIpc) is 3.29. The molecule has 8 heteroatoms. The molecule has 0 spiro atoms. The minimum Gasteiger partial charge on any atom is -0.365 e. The topological polar surface area (TPSA) is 98.2 Å². The summed E-state index contributed by atoms with van der Waals surface area (Å²) in [5.74, 6) is -0.573. The summed E-state index contributed by atoms with van der Waals surface area (Å²) in [5, 5.41) is 7.78. The van der Waals surface area contributed by atoms with E-state index in [-0.39, 0.29) is 5.56 Å².